The Balaban J connectivity index is 1.95. The van der Waals surface area contributed by atoms with Crippen LogP contribution in [0.4, 0.5) is 10.5 Å². The standard InChI is InChI=1S/C10H11N3O/c14-10(13-8-4-7-11-13)12-9-5-2-1-3-6-9/h1-7,11H,8H2,(H,12,14). The molecule has 2 rings (SSSR count). The zero-order valence-corrected chi connectivity index (χ0v) is 7.60. The lowest BCUT2D eigenvalue weighted by molar-refractivity contribution is 0.208. The van der Waals surface area contributed by atoms with Crippen molar-refractivity contribution in [3.05, 3.63) is 42.6 Å². The summed E-state index contributed by atoms with van der Waals surface area (Å²) in [5.41, 5.74) is 3.61. The number of anilines is 1. The average molecular weight is 189 g/mol. The van der Waals surface area contributed by atoms with Crippen LogP contribution in [0.2, 0.25) is 0 Å². The Morgan fingerprint density at radius 2 is 2.14 bits per heavy atom. The highest BCUT2D eigenvalue weighted by atomic mass is 16.2. The monoisotopic (exact) mass is 189 g/mol. The van der Waals surface area contributed by atoms with E-state index in [-0.39, 0.29) is 6.03 Å². The van der Waals surface area contributed by atoms with Gasteiger partial charge in [0.25, 0.3) is 0 Å². The van der Waals surface area contributed by atoms with E-state index in [1.165, 1.54) is 5.01 Å². The quantitative estimate of drug-likeness (QED) is 0.704. The fourth-order valence-corrected chi connectivity index (χ4v) is 1.21. The molecule has 1 aliphatic rings. The first-order valence-corrected chi connectivity index (χ1v) is 4.41. The fraction of sp³-hybridized carbons (Fsp3) is 0.100. The van der Waals surface area contributed by atoms with Gasteiger partial charge in [-0.3, -0.25) is 0 Å². The molecule has 72 valence electrons. The maximum Gasteiger partial charge on any atom is 0.340 e. The van der Waals surface area contributed by atoms with Crippen LogP contribution >= 0.6 is 0 Å². The van der Waals surface area contributed by atoms with E-state index in [1.54, 1.807) is 6.20 Å². The number of rotatable bonds is 1. The van der Waals surface area contributed by atoms with Crippen molar-refractivity contribution in [2.24, 2.45) is 0 Å². The van der Waals surface area contributed by atoms with E-state index in [1.807, 2.05) is 36.4 Å². The lowest BCUT2D eigenvalue weighted by atomic mass is 10.3. The summed E-state index contributed by atoms with van der Waals surface area (Å²) in [7, 11) is 0. The summed E-state index contributed by atoms with van der Waals surface area (Å²) in [6.07, 6.45) is 3.62. The van der Waals surface area contributed by atoms with E-state index in [9.17, 15) is 4.79 Å². The Hall–Kier alpha value is -1.97. The third-order valence-corrected chi connectivity index (χ3v) is 1.91. The molecular formula is C10H11N3O. The van der Waals surface area contributed by atoms with Crippen LogP contribution in [0.5, 0.6) is 0 Å². The third kappa shape index (κ3) is 1.85. The maximum absolute atomic E-state index is 11.5. The number of nitrogens with one attached hydrogen (secondary N) is 2. The summed E-state index contributed by atoms with van der Waals surface area (Å²) in [6, 6.07) is 9.21. The second-order valence-corrected chi connectivity index (χ2v) is 2.94. The van der Waals surface area contributed by atoms with Crippen LogP contribution in [-0.2, 0) is 0 Å². The van der Waals surface area contributed by atoms with E-state index < -0.39 is 0 Å². The molecule has 0 aliphatic carbocycles. The highest BCUT2D eigenvalue weighted by molar-refractivity contribution is 5.89. The van der Waals surface area contributed by atoms with Gasteiger partial charge in [-0.1, -0.05) is 18.2 Å². The summed E-state index contributed by atoms with van der Waals surface area (Å²) in [6.45, 7) is 0.596. The number of carbonyl (C=O) groups is 1. The predicted octanol–water partition coefficient (Wildman–Crippen LogP) is 1.55. The van der Waals surface area contributed by atoms with Crippen molar-refractivity contribution in [3.8, 4) is 0 Å². The molecule has 0 atom stereocenters. The zero-order chi connectivity index (χ0) is 9.80. The summed E-state index contributed by atoms with van der Waals surface area (Å²) < 4.78 is 0. The average Bonchev–Trinajstić information content (AvgIpc) is 2.72. The topological polar surface area (TPSA) is 44.4 Å². The van der Waals surface area contributed by atoms with Crippen LogP contribution in [0, 0.1) is 0 Å². The molecular weight excluding hydrogens is 178 g/mol. The second kappa shape index (κ2) is 3.83. The van der Waals surface area contributed by atoms with Crippen molar-refractivity contribution < 1.29 is 4.79 Å². The Kier molecular flexibility index (Phi) is 2.36. The molecule has 4 nitrogen and oxygen atoms in total. The molecule has 0 bridgehead atoms. The van der Waals surface area contributed by atoms with Gasteiger partial charge in [0.15, 0.2) is 0 Å². The first kappa shape index (κ1) is 8.62. The van der Waals surface area contributed by atoms with Crippen LogP contribution in [0.1, 0.15) is 0 Å². The predicted molar refractivity (Wildman–Crippen MR) is 54.4 cm³/mol. The first-order chi connectivity index (χ1) is 6.86. The van der Waals surface area contributed by atoms with Gasteiger partial charge < -0.3 is 10.7 Å². The van der Waals surface area contributed by atoms with Crippen molar-refractivity contribution in [3.63, 3.8) is 0 Å². The zero-order valence-electron chi connectivity index (χ0n) is 7.60. The normalized spacial score (nSPS) is 13.9. The molecule has 0 saturated heterocycles. The molecule has 0 spiro atoms. The van der Waals surface area contributed by atoms with E-state index in [0.717, 1.165) is 5.69 Å². The SMILES string of the molecule is O=C(Nc1ccccc1)N1CC=CN1. The smallest absolute Gasteiger partial charge is 0.306 e. The van der Waals surface area contributed by atoms with Gasteiger partial charge in [0.1, 0.15) is 0 Å². The summed E-state index contributed by atoms with van der Waals surface area (Å²) in [4.78, 5) is 11.5. The molecule has 1 heterocycles. The molecule has 0 saturated carbocycles. The molecule has 0 fully saturated rings. The molecule has 4 heteroatoms. The van der Waals surface area contributed by atoms with Gasteiger partial charge in [0.2, 0.25) is 0 Å². The Bertz CT molecular complexity index is 340. The van der Waals surface area contributed by atoms with Crippen molar-refractivity contribution in [2.45, 2.75) is 0 Å². The van der Waals surface area contributed by atoms with Gasteiger partial charge in [-0.2, -0.15) is 0 Å². The Labute approximate surface area is 82.2 Å². The molecule has 0 radical (unpaired) electrons. The minimum Gasteiger partial charge on any atom is -0.306 e. The van der Waals surface area contributed by atoms with E-state index >= 15 is 0 Å². The minimum atomic E-state index is -0.152. The van der Waals surface area contributed by atoms with Crippen molar-refractivity contribution in [1.29, 1.82) is 0 Å². The molecule has 2 amide bonds. The molecule has 14 heavy (non-hydrogen) atoms. The summed E-state index contributed by atoms with van der Waals surface area (Å²) in [5.74, 6) is 0. The van der Waals surface area contributed by atoms with Crippen LogP contribution < -0.4 is 10.7 Å². The number of hydrogen-bond donors (Lipinski definition) is 2. The molecule has 1 aromatic rings. The van der Waals surface area contributed by atoms with Crippen LogP contribution in [0.25, 0.3) is 0 Å². The largest absolute Gasteiger partial charge is 0.340 e. The maximum atomic E-state index is 11.5. The summed E-state index contributed by atoms with van der Waals surface area (Å²) >= 11 is 0. The number of urea groups is 1. The second-order valence-electron chi connectivity index (χ2n) is 2.94. The highest BCUT2D eigenvalue weighted by Gasteiger charge is 2.13. The van der Waals surface area contributed by atoms with E-state index in [4.69, 9.17) is 0 Å². The van der Waals surface area contributed by atoms with Gasteiger partial charge in [0.05, 0.1) is 6.54 Å². The van der Waals surface area contributed by atoms with Crippen LogP contribution in [0.3, 0.4) is 0 Å². The van der Waals surface area contributed by atoms with Gasteiger partial charge in [-0.05, 0) is 18.2 Å². The summed E-state index contributed by atoms with van der Waals surface area (Å²) in [5, 5.41) is 4.26. The number of para-hydroxylation sites is 1. The number of hydrogen-bond acceptors (Lipinski definition) is 2. The van der Waals surface area contributed by atoms with Gasteiger partial charge in [-0.25, -0.2) is 9.80 Å². The number of amides is 2. The van der Waals surface area contributed by atoms with E-state index in [0.29, 0.717) is 6.54 Å². The van der Waals surface area contributed by atoms with Crippen LogP contribution in [0.15, 0.2) is 42.6 Å². The lowest BCUT2D eigenvalue weighted by Crippen LogP contribution is -2.39. The molecule has 1 aromatic carbocycles. The molecule has 1 aliphatic heterocycles. The third-order valence-electron chi connectivity index (χ3n) is 1.91. The minimum absolute atomic E-state index is 0.152. The van der Waals surface area contributed by atoms with Gasteiger partial charge in [0, 0.05) is 11.9 Å². The first-order valence-electron chi connectivity index (χ1n) is 4.41. The van der Waals surface area contributed by atoms with E-state index in [2.05, 4.69) is 10.7 Å². The molecule has 0 unspecified atom stereocenters. The Morgan fingerprint density at radius 1 is 1.36 bits per heavy atom. The van der Waals surface area contributed by atoms with Crippen molar-refractivity contribution in [1.82, 2.24) is 10.4 Å². The van der Waals surface area contributed by atoms with Gasteiger partial charge >= 0.3 is 6.03 Å². The van der Waals surface area contributed by atoms with Crippen molar-refractivity contribution >= 4 is 11.7 Å². The lowest BCUT2D eigenvalue weighted by Gasteiger charge is -2.16. The highest BCUT2D eigenvalue weighted by Crippen LogP contribution is 2.06. The van der Waals surface area contributed by atoms with Crippen molar-refractivity contribution in [2.75, 3.05) is 11.9 Å². The van der Waals surface area contributed by atoms with Gasteiger partial charge in [-0.15, -0.1) is 0 Å². The van der Waals surface area contributed by atoms with Crippen LogP contribution in [-0.4, -0.2) is 17.6 Å². The number of carbonyl (C=O) groups excluding carboxylic acids is 1. The number of nitrogens with zero attached hydrogens (tertiary/aromatic N) is 1. The number of hydrazine groups is 1. The molecule has 0 aromatic heterocycles. The fourth-order valence-electron chi connectivity index (χ4n) is 1.21. The number of benzene rings is 1. The Morgan fingerprint density at radius 3 is 2.79 bits per heavy atom. The molecule has 2 N–H and O–H groups in total.